The Labute approximate surface area is 97.0 Å². The molecule has 2 aromatic heterocycles. The van der Waals surface area contributed by atoms with Gasteiger partial charge < -0.3 is 0 Å². The van der Waals surface area contributed by atoms with Crippen molar-refractivity contribution < 1.29 is 8.78 Å². The number of hydrogen-bond acceptors (Lipinski definition) is 2. The van der Waals surface area contributed by atoms with Gasteiger partial charge in [0.2, 0.25) is 0 Å². The van der Waals surface area contributed by atoms with Gasteiger partial charge in [-0.25, -0.2) is 9.67 Å². The molecule has 88 valence electrons. The molecule has 0 radical (unpaired) electrons. The van der Waals surface area contributed by atoms with E-state index < -0.39 is 6.55 Å². The Kier molecular flexibility index (Phi) is 4.18. The number of hydrogen-bond donors (Lipinski definition) is 0. The number of halogens is 3. The maximum atomic E-state index is 12.5. The quantitative estimate of drug-likeness (QED) is 0.718. The molecule has 0 aromatic carbocycles. The summed E-state index contributed by atoms with van der Waals surface area (Å²) in [6, 6.07) is 1.51. The zero-order chi connectivity index (χ0) is 12.3. The minimum absolute atomic E-state index is 0.281. The van der Waals surface area contributed by atoms with Gasteiger partial charge in [-0.05, 0) is 13.0 Å². The summed E-state index contributed by atoms with van der Waals surface area (Å²) in [4.78, 5) is 3.89. The Bertz CT molecular complexity index is 482. The number of rotatable bonds is 1. The molecular formula is C10H12ClF2N3. The summed E-state index contributed by atoms with van der Waals surface area (Å²) in [5, 5.41) is 4.42. The third kappa shape index (κ3) is 2.29. The van der Waals surface area contributed by atoms with Crippen LogP contribution < -0.4 is 0 Å². The van der Waals surface area contributed by atoms with Crippen LogP contribution in [-0.4, -0.2) is 14.8 Å². The highest BCUT2D eigenvalue weighted by atomic mass is 35.5. The molecule has 0 aliphatic carbocycles. The molecule has 0 saturated carbocycles. The van der Waals surface area contributed by atoms with Gasteiger partial charge in [-0.1, -0.05) is 25.4 Å². The third-order valence-electron chi connectivity index (χ3n) is 1.90. The summed E-state index contributed by atoms with van der Waals surface area (Å²) >= 11 is 5.68. The molecule has 6 heteroatoms. The molecule has 0 bridgehead atoms. The largest absolute Gasteiger partial charge is 0.333 e. The predicted molar refractivity (Wildman–Crippen MR) is 59.9 cm³/mol. The van der Waals surface area contributed by atoms with Gasteiger partial charge in [-0.2, -0.15) is 13.9 Å². The van der Waals surface area contributed by atoms with Crippen LogP contribution in [0, 0.1) is 6.92 Å². The number of pyridine rings is 1. The zero-order valence-electron chi connectivity index (χ0n) is 9.21. The first kappa shape index (κ1) is 12.8. The van der Waals surface area contributed by atoms with Crippen LogP contribution in [0.4, 0.5) is 8.78 Å². The topological polar surface area (TPSA) is 30.7 Å². The molecule has 0 atom stereocenters. The van der Waals surface area contributed by atoms with Crippen molar-refractivity contribution in [3.8, 4) is 0 Å². The van der Waals surface area contributed by atoms with E-state index in [0.717, 1.165) is 0 Å². The van der Waals surface area contributed by atoms with Crippen LogP contribution in [-0.2, 0) is 0 Å². The molecule has 0 aliphatic rings. The third-order valence-corrected chi connectivity index (χ3v) is 2.09. The smallest absolute Gasteiger partial charge is 0.239 e. The van der Waals surface area contributed by atoms with E-state index in [1.807, 2.05) is 13.8 Å². The second-order valence-corrected chi connectivity index (χ2v) is 3.22. The molecule has 2 heterocycles. The lowest BCUT2D eigenvalue weighted by molar-refractivity contribution is 0.0613. The molecular weight excluding hydrogens is 236 g/mol. The Morgan fingerprint density at radius 2 is 2.00 bits per heavy atom. The molecule has 16 heavy (non-hydrogen) atoms. The second kappa shape index (κ2) is 5.21. The van der Waals surface area contributed by atoms with Gasteiger partial charge in [0, 0.05) is 5.39 Å². The van der Waals surface area contributed by atoms with Crippen LogP contribution >= 0.6 is 11.6 Å². The minimum Gasteiger partial charge on any atom is -0.239 e. The first-order valence-electron chi connectivity index (χ1n) is 4.88. The average molecular weight is 248 g/mol. The molecule has 0 unspecified atom stereocenters. The van der Waals surface area contributed by atoms with Crippen molar-refractivity contribution in [2.24, 2.45) is 0 Å². The Morgan fingerprint density at radius 3 is 2.56 bits per heavy atom. The number of nitrogens with zero attached hydrogens (tertiary/aromatic N) is 3. The number of aromatic nitrogens is 3. The van der Waals surface area contributed by atoms with E-state index in [2.05, 4.69) is 10.1 Å². The van der Waals surface area contributed by atoms with Crippen LogP contribution in [0.5, 0.6) is 0 Å². The van der Waals surface area contributed by atoms with Crippen molar-refractivity contribution in [3.05, 3.63) is 23.1 Å². The standard InChI is InChI=1S/C8H6ClF2N3.C2H6/c1-4-7-5(2-6(9)13-4)3-12-14(7)8(10)11;1-2/h2-3,8H,1H3;1-2H3. The van der Waals surface area contributed by atoms with E-state index in [0.29, 0.717) is 21.3 Å². The van der Waals surface area contributed by atoms with E-state index in [9.17, 15) is 8.78 Å². The van der Waals surface area contributed by atoms with Crippen LogP contribution in [0.25, 0.3) is 10.9 Å². The zero-order valence-corrected chi connectivity index (χ0v) is 9.96. The van der Waals surface area contributed by atoms with Gasteiger partial charge >= 0.3 is 6.55 Å². The predicted octanol–water partition coefficient (Wildman–Crippen LogP) is 3.81. The fourth-order valence-corrected chi connectivity index (χ4v) is 1.62. The lowest BCUT2D eigenvalue weighted by atomic mass is 10.3. The average Bonchev–Trinajstić information content (AvgIpc) is 2.64. The van der Waals surface area contributed by atoms with E-state index in [4.69, 9.17) is 11.6 Å². The summed E-state index contributed by atoms with van der Waals surface area (Å²) in [5.74, 6) is 0. The van der Waals surface area contributed by atoms with Gasteiger partial charge in [0.05, 0.1) is 17.4 Å². The highest BCUT2D eigenvalue weighted by Crippen LogP contribution is 2.23. The highest BCUT2D eigenvalue weighted by molar-refractivity contribution is 6.30. The van der Waals surface area contributed by atoms with Gasteiger partial charge in [0.15, 0.2) is 0 Å². The van der Waals surface area contributed by atoms with Gasteiger partial charge in [-0.15, -0.1) is 0 Å². The van der Waals surface area contributed by atoms with E-state index >= 15 is 0 Å². The Balaban J connectivity index is 0.000000606. The van der Waals surface area contributed by atoms with Crippen LogP contribution in [0.2, 0.25) is 5.15 Å². The molecule has 0 spiro atoms. The maximum absolute atomic E-state index is 12.5. The molecule has 0 amide bonds. The SMILES string of the molecule is CC.Cc1nc(Cl)cc2cnn(C(F)F)c12. The van der Waals surface area contributed by atoms with Crippen molar-refractivity contribution in [2.75, 3.05) is 0 Å². The maximum Gasteiger partial charge on any atom is 0.333 e. The van der Waals surface area contributed by atoms with E-state index in [-0.39, 0.29) is 5.15 Å². The molecule has 0 saturated heterocycles. The summed E-state index contributed by atoms with van der Waals surface area (Å²) in [6.07, 6.45) is 1.35. The molecule has 3 nitrogen and oxygen atoms in total. The van der Waals surface area contributed by atoms with Gasteiger partial charge in [0.1, 0.15) is 5.15 Å². The molecule has 2 rings (SSSR count). The number of alkyl halides is 2. The lowest BCUT2D eigenvalue weighted by Gasteiger charge is -2.03. The Morgan fingerprint density at radius 1 is 1.38 bits per heavy atom. The second-order valence-electron chi connectivity index (χ2n) is 2.84. The fraction of sp³-hybridized carbons (Fsp3) is 0.400. The summed E-state index contributed by atoms with van der Waals surface area (Å²) in [7, 11) is 0. The number of aryl methyl sites for hydroxylation is 1. The summed E-state index contributed by atoms with van der Waals surface area (Å²) < 4.78 is 25.5. The monoisotopic (exact) mass is 247 g/mol. The lowest BCUT2D eigenvalue weighted by Crippen LogP contribution is -2.01. The van der Waals surface area contributed by atoms with Crippen molar-refractivity contribution in [1.29, 1.82) is 0 Å². The van der Waals surface area contributed by atoms with Crippen molar-refractivity contribution in [1.82, 2.24) is 14.8 Å². The van der Waals surface area contributed by atoms with Gasteiger partial charge in [-0.3, -0.25) is 0 Å². The minimum atomic E-state index is -2.66. The van der Waals surface area contributed by atoms with Crippen LogP contribution in [0.15, 0.2) is 12.3 Å². The van der Waals surface area contributed by atoms with E-state index in [1.54, 1.807) is 6.92 Å². The van der Waals surface area contributed by atoms with Crippen molar-refractivity contribution in [2.45, 2.75) is 27.3 Å². The van der Waals surface area contributed by atoms with E-state index in [1.165, 1.54) is 12.3 Å². The highest BCUT2D eigenvalue weighted by Gasteiger charge is 2.14. The first-order chi connectivity index (χ1) is 7.59. The molecule has 2 aromatic rings. The Hall–Kier alpha value is -1.23. The molecule has 0 N–H and O–H groups in total. The fourth-order valence-electron chi connectivity index (χ4n) is 1.38. The van der Waals surface area contributed by atoms with Crippen LogP contribution in [0.3, 0.4) is 0 Å². The normalized spacial score (nSPS) is 10.4. The first-order valence-corrected chi connectivity index (χ1v) is 5.26. The van der Waals surface area contributed by atoms with Gasteiger partial charge in [0.25, 0.3) is 0 Å². The molecule has 0 aliphatic heterocycles. The number of fused-ring (bicyclic) bond motifs is 1. The summed E-state index contributed by atoms with van der Waals surface area (Å²) in [5.41, 5.74) is 0.773. The summed E-state index contributed by atoms with van der Waals surface area (Å²) in [6.45, 7) is 2.96. The molecule has 0 fully saturated rings. The van der Waals surface area contributed by atoms with Crippen LogP contribution in [0.1, 0.15) is 26.1 Å². The van der Waals surface area contributed by atoms with Crippen molar-refractivity contribution >= 4 is 22.5 Å². The van der Waals surface area contributed by atoms with Crippen molar-refractivity contribution in [3.63, 3.8) is 0 Å².